The molecule has 2 aromatic rings. The fourth-order valence-corrected chi connectivity index (χ4v) is 1.46. The first-order chi connectivity index (χ1) is 8.22. The second-order valence-electron chi connectivity index (χ2n) is 3.41. The van der Waals surface area contributed by atoms with E-state index in [4.69, 9.17) is 5.26 Å². The lowest BCUT2D eigenvalue weighted by molar-refractivity contribution is 0.570. The third-order valence-electron chi connectivity index (χ3n) is 2.30. The highest BCUT2D eigenvalue weighted by atomic mass is 19.1. The summed E-state index contributed by atoms with van der Waals surface area (Å²) in [6.45, 7) is 0.0149. The molecule has 0 unspecified atom stereocenters. The molecule has 84 valence electrons. The van der Waals surface area contributed by atoms with E-state index in [2.05, 4.69) is 5.10 Å². The molecule has 4 nitrogen and oxygen atoms in total. The van der Waals surface area contributed by atoms with Crippen LogP contribution in [0.15, 0.2) is 41.3 Å². The molecule has 0 aliphatic heterocycles. The number of nitrogens with zero attached hydrogens (tertiary/aromatic N) is 3. The second-order valence-corrected chi connectivity index (χ2v) is 3.41. The number of hydrogen-bond acceptors (Lipinski definition) is 3. The minimum atomic E-state index is -0.604. The van der Waals surface area contributed by atoms with Gasteiger partial charge in [0.05, 0.1) is 12.1 Å². The number of nitriles is 1. The summed E-state index contributed by atoms with van der Waals surface area (Å²) in [6, 6.07) is 9.10. The van der Waals surface area contributed by atoms with Crippen molar-refractivity contribution < 1.29 is 4.39 Å². The van der Waals surface area contributed by atoms with Gasteiger partial charge >= 0.3 is 0 Å². The minimum absolute atomic E-state index is 0.0149. The summed E-state index contributed by atoms with van der Waals surface area (Å²) < 4.78 is 14.9. The molecule has 0 spiro atoms. The predicted molar refractivity (Wildman–Crippen MR) is 58.7 cm³/mol. The van der Waals surface area contributed by atoms with Gasteiger partial charge in [-0.3, -0.25) is 4.79 Å². The van der Waals surface area contributed by atoms with Crippen LogP contribution in [0, 0.1) is 17.1 Å². The molecule has 0 fully saturated rings. The van der Waals surface area contributed by atoms with Gasteiger partial charge in [0, 0.05) is 17.8 Å². The van der Waals surface area contributed by atoms with Crippen LogP contribution in [-0.4, -0.2) is 9.78 Å². The van der Waals surface area contributed by atoms with Gasteiger partial charge in [0.1, 0.15) is 11.9 Å². The van der Waals surface area contributed by atoms with Crippen molar-refractivity contribution >= 4 is 0 Å². The van der Waals surface area contributed by atoms with Crippen molar-refractivity contribution in [1.82, 2.24) is 9.78 Å². The molecule has 0 aliphatic rings. The van der Waals surface area contributed by atoms with E-state index in [1.54, 1.807) is 12.1 Å². The Balaban J connectivity index is 2.42. The first kappa shape index (κ1) is 11.0. The highest BCUT2D eigenvalue weighted by Crippen LogP contribution is 2.12. The highest BCUT2D eigenvalue weighted by molar-refractivity contribution is 5.34. The van der Waals surface area contributed by atoms with E-state index in [1.807, 2.05) is 0 Å². The Morgan fingerprint density at radius 2 is 2.18 bits per heavy atom. The zero-order chi connectivity index (χ0) is 12.3. The molecule has 0 aliphatic carbocycles. The van der Waals surface area contributed by atoms with Crippen LogP contribution in [0.3, 0.4) is 0 Å². The molecule has 17 heavy (non-hydrogen) atoms. The summed E-state index contributed by atoms with van der Waals surface area (Å²) in [7, 11) is 0. The molecule has 2 rings (SSSR count). The lowest BCUT2D eigenvalue weighted by atomic mass is 10.1. The second kappa shape index (κ2) is 4.58. The summed E-state index contributed by atoms with van der Waals surface area (Å²) in [5, 5.41) is 12.5. The first-order valence-electron chi connectivity index (χ1n) is 4.92. The van der Waals surface area contributed by atoms with Gasteiger partial charge in [0.15, 0.2) is 0 Å². The largest absolute Gasteiger partial charge is 0.268 e. The molecule has 1 aromatic heterocycles. The first-order valence-corrected chi connectivity index (χ1v) is 4.92. The standard InChI is InChI=1S/C12H8FN3O/c13-12-9(7-14)3-1-4-10(12)8-16-11(17)5-2-6-15-16/h1-6H,8H2. The molecular formula is C12H8FN3O. The van der Waals surface area contributed by atoms with Crippen LogP contribution in [-0.2, 0) is 6.54 Å². The van der Waals surface area contributed by atoms with Crippen LogP contribution in [0.4, 0.5) is 4.39 Å². The van der Waals surface area contributed by atoms with Crippen molar-refractivity contribution in [2.75, 3.05) is 0 Å². The van der Waals surface area contributed by atoms with Crippen molar-refractivity contribution in [1.29, 1.82) is 5.26 Å². The molecule has 1 aromatic carbocycles. The van der Waals surface area contributed by atoms with Crippen LogP contribution in [0.5, 0.6) is 0 Å². The maximum absolute atomic E-state index is 13.7. The predicted octanol–water partition coefficient (Wildman–Crippen LogP) is 1.30. The number of hydrogen-bond donors (Lipinski definition) is 0. The Labute approximate surface area is 96.6 Å². The topological polar surface area (TPSA) is 58.7 Å². The Bertz CT molecular complexity index is 643. The van der Waals surface area contributed by atoms with Crippen LogP contribution in [0.25, 0.3) is 0 Å². The number of benzene rings is 1. The normalized spacial score (nSPS) is 9.88. The molecular weight excluding hydrogens is 221 g/mol. The van der Waals surface area contributed by atoms with Gasteiger partial charge in [0.25, 0.3) is 5.56 Å². The van der Waals surface area contributed by atoms with Gasteiger partial charge in [-0.05, 0) is 12.1 Å². The molecule has 5 heteroatoms. The van der Waals surface area contributed by atoms with Crippen molar-refractivity contribution in [3.63, 3.8) is 0 Å². The minimum Gasteiger partial charge on any atom is -0.268 e. The molecule has 0 saturated heterocycles. The molecule has 0 saturated carbocycles. The van der Waals surface area contributed by atoms with Gasteiger partial charge in [-0.15, -0.1) is 0 Å². The molecule has 0 N–H and O–H groups in total. The molecule has 0 radical (unpaired) electrons. The molecule has 0 amide bonds. The van der Waals surface area contributed by atoms with Crippen LogP contribution < -0.4 is 5.56 Å². The van der Waals surface area contributed by atoms with E-state index in [0.717, 1.165) is 4.68 Å². The molecule has 0 bridgehead atoms. The van der Waals surface area contributed by atoms with E-state index in [-0.39, 0.29) is 23.2 Å². The number of aromatic nitrogens is 2. The van der Waals surface area contributed by atoms with Crippen LogP contribution >= 0.6 is 0 Å². The van der Waals surface area contributed by atoms with E-state index in [1.165, 1.54) is 30.5 Å². The van der Waals surface area contributed by atoms with Crippen molar-refractivity contribution in [2.45, 2.75) is 6.54 Å². The maximum Gasteiger partial charge on any atom is 0.267 e. The lowest BCUT2D eigenvalue weighted by Gasteiger charge is -2.05. The van der Waals surface area contributed by atoms with Gasteiger partial charge in [-0.1, -0.05) is 12.1 Å². The summed E-state index contributed by atoms with van der Waals surface area (Å²) in [4.78, 5) is 11.4. The van der Waals surface area contributed by atoms with Crippen molar-refractivity contribution in [3.05, 3.63) is 63.8 Å². The quantitative estimate of drug-likeness (QED) is 0.779. The summed E-state index contributed by atoms with van der Waals surface area (Å²) in [5.41, 5.74) is -0.0782. The smallest absolute Gasteiger partial charge is 0.267 e. The number of halogens is 1. The Morgan fingerprint density at radius 3 is 2.88 bits per heavy atom. The summed E-state index contributed by atoms with van der Waals surface area (Å²) >= 11 is 0. The van der Waals surface area contributed by atoms with E-state index in [9.17, 15) is 9.18 Å². The molecule has 1 heterocycles. The third-order valence-corrected chi connectivity index (χ3v) is 2.30. The van der Waals surface area contributed by atoms with Gasteiger partial charge < -0.3 is 0 Å². The average molecular weight is 229 g/mol. The van der Waals surface area contributed by atoms with Gasteiger partial charge in [-0.25, -0.2) is 9.07 Å². The average Bonchev–Trinajstić information content (AvgIpc) is 2.34. The molecule has 0 atom stereocenters. The van der Waals surface area contributed by atoms with Crippen molar-refractivity contribution in [3.8, 4) is 6.07 Å². The SMILES string of the molecule is N#Cc1cccc(Cn2ncccc2=O)c1F. The zero-order valence-electron chi connectivity index (χ0n) is 8.80. The third kappa shape index (κ3) is 2.21. The van der Waals surface area contributed by atoms with Crippen LogP contribution in [0.2, 0.25) is 0 Å². The monoisotopic (exact) mass is 229 g/mol. The van der Waals surface area contributed by atoms with Gasteiger partial charge in [-0.2, -0.15) is 10.4 Å². The zero-order valence-corrected chi connectivity index (χ0v) is 8.80. The van der Waals surface area contributed by atoms with Gasteiger partial charge in [0.2, 0.25) is 0 Å². The Hall–Kier alpha value is -2.48. The summed E-state index contributed by atoms with van der Waals surface area (Å²) in [6.07, 6.45) is 1.45. The van der Waals surface area contributed by atoms with E-state index in [0.29, 0.717) is 0 Å². The maximum atomic E-state index is 13.7. The van der Waals surface area contributed by atoms with E-state index < -0.39 is 5.82 Å². The fraction of sp³-hybridized carbons (Fsp3) is 0.0833. The Kier molecular flexibility index (Phi) is 2.97. The number of rotatable bonds is 2. The summed E-state index contributed by atoms with van der Waals surface area (Å²) in [5.74, 6) is -0.604. The van der Waals surface area contributed by atoms with Crippen molar-refractivity contribution in [2.24, 2.45) is 0 Å². The Morgan fingerprint density at radius 1 is 1.35 bits per heavy atom. The lowest BCUT2D eigenvalue weighted by Crippen LogP contribution is -2.22. The highest BCUT2D eigenvalue weighted by Gasteiger charge is 2.08. The fourth-order valence-electron chi connectivity index (χ4n) is 1.46. The van der Waals surface area contributed by atoms with Crippen LogP contribution in [0.1, 0.15) is 11.1 Å². The van der Waals surface area contributed by atoms with E-state index >= 15 is 0 Å².